The van der Waals surface area contributed by atoms with Crippen molar-refractivity contribution in [3.63, 3.8) is 0 Å². The maximum atomic E-state index is 9.63. The monoisotopic (exact) mass is 127 g/mol. The van der Waals surface area contributed by atoms with E-state index in [-0.39, 0.29) is 4.41 Å². The Morgan fingerprint density at radius 3 is 2.50 bits per heavy atom. The van der Waals surface area contributed by atoms with Gasteiger partial charge in [-0.15, -0.1) is 0 Å². The van der Waals surface area contributed by atoms with E-state index in [9.17, 15) is 3.67 Å². The molecule has 0 radical (unpaired) electrons. The zero-order chi connectivity index (χ0) is 4.99. The Hall–Kier alpha value is 0.174. The summed E-state index contributed by atoms with van der Waals surface area (Å²) in [5.74, 6) is 0. The summed E-state index contributed by atoms with van der Waals surface area (Å²) in [5.41, 5.74) is 0. The van der Waals surface area contributed by atoms with Crippen LogP contribution in [0.25, 0.3) is 0 Å². The number of hydrogen-bond donors (Lipinski definition) is 1. The summed E-state index contributed by atoms with van der Waals surface area (Å²) < 4.78 is 9.82. The van der Waals surface area contributed by atoms with Gasteiger partial charge in [0.2, 0.25) is 0 Å². The van der Waals surface area contributed by atoms with Crippen LogP contribution in [-0.4, -0.2) is 9.67 Å². The predicted molar refractivity (Wildman–Crippen MR) is 15.1 cm³/mol. The molecule has 0 fully saturated rings. The van der Waals surface area contributed by atoms with Gasteiger partial charge in [0.25, 0.3) is 0 Å². The van der Waals surface area contributed by atoms with Gasteiger partial charge >= 0.3 is 40.9 Å². The molecule has 35 valence electrons. The first-order valence-corrected chi connectivity index (χ1v) is 2.56. The summed E-state index contributed by atoms with van der Waals surface area (Å²) in [5, 5.41) is 7.62. The van der Waals surface area contributed by atoms with E-state index in [1.807, 2.05) is 0 Å². The minimum atomic E-state index is -1.14. The second-order valence-corrected chi connectivity index (χ2v) is 1.97. The molecule has 0 bridgehead atoms. The van der Waals surface area contributed by atoms with E-state index >= 15 is 0 Å². The van der Waals surface area contributed by atoms with Crippen LogP contribution in [-0.2, 0) is 24.4 Å². The third-order valence-corrected chi connectivity index (χ3v) is 0.790. The second kappa shape index (κ2) is 3.37. The molecule has 1 N–H and O–H groups in total. The number of hydrogen-bond acceptors (Lipinski definition) is 3. The van der Waals surface area contributed by atoms with Crippen LogP contribution in [0.3, 0.4) is 0 Å². The fourth-order valence-corrected chi connectivity index (χ4v) is 0.0687. The van der Waals surface area contributed by atoms with Gasteiger partial charge in [-0.05, 0) is 0 Å². The number of rotatable bonds is 1. The van der Waals surface area contributed by atoms with Gasteiger partial charge < -0.3 is 0 Å². The molecular weight excluding hydrogens is 123 g/mol. The van der Waals surface area contributed by atoms with Crippen LogP contribution in [0.15, 0.2) is 0 Å². The molecule has 6 heavy (non-hydrogen) atoms. The van der Waals surface area contributed by atoms with Gasteiger partial charge in [-0.3, -0.25) is 0 Å². The molecule has 0 aliphatic rings. The summed E-state index contributed by atoms with van der Waals surface area (Å²) in [4.78, 5) is 3.55. The van der Waals surface area contributed by atoms with Gasteiger partial charge in [-0.1, -0.05) is 0 Å². The average Bonchev–Trinajstić information content (AvgIpc) is 1.65. The molecule has 0 spiro atoms. The Morgan fingerprint density at radius 2 is 2.50 bits per heavy atom. The molecule has 0 aromatic heterocycles. The van der Waals surface area contributed by atoms with Gasteiger partial charge in [0.05, 0.1) is 0 Å². The fourth-order valence-electron chi connectivity index (χ4n) is 0.0167. The maximum absolute atomic E-state index is 9.63. The molecule has 0 unspecified atom stereocenters. The Morgan fingerprint density at radius 1 is 2.00 bits per heavy atom. The molecule has 0 saturated carbocycles. The first kappa shape index (κ1) is 6.17. The van der Waals surface area contributed by atoms with E-state index < -0.39 is 15.8 Å². The van der Waals surface area contributed by atoms with Crippen molar-refractivity contribution in [1.82, 2.24) is 0 Å². The van der Waals surface area contributed by atoms with E-state index in [2.05, 4.69) is 4.89 Å². The van der Waals surface area contributed by atoms with Crippen LogP contribution < -0.4 is 0 Å². The second-order valence-electron chi connectivity index (χ2n) is 0.702. The predicted octanol–water partition coefficient (Wildman–Crippen LogP) is 0.0538. The van der Waals surface area contributed by atoms with Crippen LogP contribution in [0.2, 0.25) is 0 Å². The van der Waals surface area contributed by atoms with Crippen molar-refractivity contribution in [2.45, 2.75) is 6.92 Å². The van der Waals surface area contributed by atoms with Crippen LogP contribution in [0.4, 0.5) is 0 Å². The third-order valence-electron chi connectivity index (χ3n) is 0.261. The Kier molecular flexibility index (Phi) is 3.47. The molecule has 0 rings (SSSR count). The van der Waals surface area contributed by atoms with Crippen molar-refractivity contribution in [1.29, 1.82) is 0 Å². The zero-order valence-corrected chi connectivity index (χ0v) is 4.61. The van der Waals surface area contributed by atoms with Gasteiger partial charge in [0.15, 0.2) is 0 Å². The molecule has 0 aliphatic heterocycles. The Balaban J connectivity index is 3.52. The summed E-state index contributed by atoms with van der Waals surface area (Å²) >= 11 is -1.14. The van der Waals surface area contributed by atoms with Crippen molar-refractivity contribution in [3.05, 3.63) is 0 Å². The van der Waals surface area contributed by atoms with Crippen molar-refractivity contribution < 1.29 is 29.6 Å². The molecular formula is C2H4O3V. The van der Waals surface area contributed by atoms with E-state index in [1.54, 1.807) is 0 Å². The van der Waals surface area contributed by atoms with Crippen molar-refractivity contribution >= 4 is 4.41 Å². The summed E-state index contributed by atoms with van der Waals surface area (Å²) in [7, 11) is 0. The topological polar surface area (TPSA) is 46.5 Å². The SMILES string of the molecule is C[C](OO)=[V]=[O]. The van der Waals surface area contributed by atoms with Crippen LogP contribution in [0.1, 0.15) is 6.92 Å². The molecule has 0 saturated heterocycles. The van der Waals surface area contributed by atoms with Crippen molar-refractivity contribution in [2.75, 3.05) is 0 Å². The van der Waals surface area contributed by atoms with E-state index in [0.717, 1.165) is 0 Å². The molecule has 0 amide bonds. The van der Waals surface area contributed by atoms with Crippen LogP contribution >= 0.6 is 0 Å². The zero-order valence-electron chi connectivity index (χ0n) is 3.21. The van der Waals surface area contributed by atoms with Crippen molar-refractivity contribution in [2.24, 2.45) is 0 Å². The quantitative estimate of drug-likeness (QED) is 0.400. The normalized spacial score (nSPS) is 7.00. The molecule has 0 aromatic carbocycles. The van der Waals surface area contributed by atoms with Crippen molar-refractivity contribution in [3.8, 4) is 0 Å². The summed E-state index contributed by atoms with van der Waals surface area (Å²) in [6.45, 7) is 1.45. The minimum absolute atomic E-state index is 0.186. The molecule has 4 heteroatoms. The van der Waals surface area contributed by atoms with Gasteiger partial charge in [-0.2, -0.15) is 0 Å². The summed E-state index contributed by atoms with van der Waals surface area (Å²) in [6.07, 6.45) is 0. The molecule has 0 aromatic rings. The average molecular weight is 127 g/mol. The first-order chi connectivity index (χ1) is 2.81. The molecule has 0 aliphatic carbocycles. The first-order valence-electron chi connectivity index (χ1n) is 1.29. The van der Waals surface area contributed by atoms with Crippen LogP contribution in [0.5, 0.6) is 0 Å². The van der Waals surface area contributed by atoms with Crippen LogP contribution in [0, 0.1) is 0 Å². The van der Waals surface area contributed by atoms with Gasteiger partial charge in [0, 0.05) is 0 Å². The van der Waals surface area contributed by atoms with E-state index in [1.165, 1.54) is 6.92 Å². The Labute approximate surface area is 41.7 Å². The van der Waals surface area contributed by atoms with E-state index in [4.69, 9.17) is 5.26 Å². The Bertz CT molecular complexity index is 82.8. The van der Waals surface area contributed by atoms with Gasteiger partial charge in [-0.25, -0.2) is 0 Å². The standard InChI is InChI=1S/C2H4O2.O.V/c1-2-4-3;;/h3H,1H3;;. The molecule has 0 atom stereocenters. The van der Waals surface area contributed by atoms with Gasteiger partial charge in [0.1, 0.15) is 0 Å². The third kappa shape index (κ3) is 2.41. The molecule has 3 nitrogen and oxygen atoms in total. The summed E-state index contributed by atoms with van der Waals surface area (Å²) in [6, 6.07) is 0. The van der Waals surface area contributed by atoms with E-state index in [0.29, 0.717) is 0 Å². The fraction of sp³-hybridized carbons (Fsp3) is 0.500. The molecule has 0 heterocycles.